The van der Waals surface area contributed by atoms with E-state index in [1.54, 1.807) is 7.11 Å². The Labute approximate surface area is 120 Å². The summed E-state index contributed by atoms with van der Waals surface area (Å²) in [5.74, 6) is 1.97. The number of nitrogens with two attached hydrogens (primary N) is 1. The Morgan fingerprint density at radius 2 is 2.10 bits per heavy atom. The molecule has 0 aliphatic heterocycles. The minimum Gasteiger partial charge on any atom is -0.497 e. The van der Waals surface area contributed by atoms with E-state index in [2.05, 4.69) is 31.4 Å². The lowest BCUT2D eigenvalue weighted by Gasteiger charge is -2.18. The number of nitrogens with zero attached hydrogens (tertiary/aromatic N) is 2. The molecule has 0 aliphatic rings. The third-order valence-electron chi connectivity index (χ3n) is 3.47. The van der Waals surface area contributed by atoms with Crippen LogP contribution in [-0.2, 0) is 13.0 Å². The van der Waals surface area contributed by atoms with E-state index in [1.165, 1.54) is 5.52 Å². The van der Waals surface area contributed by atoms with Crippen LogP contribution in [0, 0.1) is 0 Å². The summed E-state index contributed by atoms with van der Waals surface area (Å²) in [6.45, 7) is 7.29. The van der Waals surface area contributed by atoms with Crippen molar-refractivity contribution >= 4 is 11.0 Å². The van der Waals surface area contributed by atoms with Gasteiger partial charge in [0.25, 0.3) is 0 Å². The molecule has 1 heterocycles. The fourth-order valence-corrected chi connectivity index (χ4v) is 2.38. The molecule has 0 fully saturated rings. The minimum atomic E-state index is -0.160. The Hall–Kier alpha value is -1.55. The third-order valence-corrected chi connectivity index (χ3v) is 3.47. The molecule has 0 aliphatic carbocycles. The van der Waals surface area contributed by atoms with Crippen molar-refractivity contribution in [2.45, 2.75) is 52.1 Å². The highest BCUT2D eigenvalue weighted by Crippen LogP contribution is 2.23. The summed E-state index contributed by atoms with van der Waals surface area (Å²) >= 11 is 0. The molecule has 0 unspecified atom stereocenters. The van der Waals surface area contributed by atoms with Crippen LogP contribution in [0.1, 0.15) is 39.4 Å². The van der Waals surface area contributed by atoms with Crippen LogP contribution in [0.5, 0.6) is 5.75 Å². The highest BCUT2D eigenvalue weighted by Gasteiger charge is 2.15. The first-order valence-corrected chi connectivity index (χ1v) is 7.26. The highest BCUT2D eigenvalue weighted by molar-refractivity contribution is 5.77. The molecule has 0 bridgehead atoms. The molecule has 2 rings (SSSR count). The fourth-order valence-electron chi connectivity index (χ4n) is 2.38. The van der Waals surface area contributed by atoms with E-state index < -0.39 is 0 Å². The van der Waals surface area contributed by atoms with Gasteiger partial charge in [-0.1, -0.05) is 6.92 Å². The van der Waals surface area contributed by atoms with Crippen molar-refractivity contribution < 1.29 is 4.74 Å². The van der Waals surface area contributed by atoms with Crippen LogP contribution in [0.3, 0.4) is 0 Å². The molecule has 2 N–H and O–H groups in total. The zero-order valence-corrected chi connectivity index (χ0v) is 12.9. The predicted molar refractivity (Wildman–Crippen MR) is 83.2 cm³/mol. The van der Waals surface area contributed by atoms with Gasteiger partial charge < -0.3 is 15.0 Å². The van der Waals surface area contributed by atoms with Gasteiger partial charge in [0.05, 0.1) is 18.1 Å². The van der Waals surface area contributed by atoms with Gasteiger partial charge >= 0.3 is 0 Å². The summed E-state index contributed by atoms with van der Waals surface area (Å²) in [6.07, 6.45) is 2.92. The van der Waals surface area contributed by atoms with E-state index in [0.29, 0.717) is 0 Å². The highest BCUT2D eigenvalue weighted by atomic mass is 16.5. The van der Waals surface area contributed by atoms with Crippen molar-refractivity contribution in [2.75, 3.05) is 7.11 Å². The van der Waals surface area contributed by atoms with E-state index in [1.807, 2.05) is 12.1 Å². The van der Waals surface area contributed by atoms with Crippen LogP contribution < -0.4 is 10.5 Å². The van der Waals surface area contributed by atoms with Crippen molar-refractivity contribution in [3.63, 3.8) is 0 Å². The van der Waals surface area contributed by atoms with Crippen molar-refractivity contribution in [3.05, 3.63) is 24.0 Å². The van der Waals surface area contributed by atoms with Gasteiger partial charge in [0.1, 0.15) is 11.6 Å². The van der Waals surface area contributed by atoms with E-state index in [4.69, 9.17) is 15.5 Å². The first-order chi connectivity index (χ1) is 9.44. The molecule has 1 aromatic carbocycles. The van der Waals surface area contributed by atoms with E-state index >= 15 is 0 Å². The van der Waals surface area contributed by atoms with Crippen molar-refractivity contribution in [3.8, 4) is 5.75 Å². The van der Waals surface area contributed by atoms with Crippen LogP contribution in [0.25, 0.3) is 11.0 Å². The quantitative estimate of drug-likeness (QED) is 0.881. The average Bonchev–Trinajstić information content (AvgIpc) is 2.73. The first-order valence-electron chi connectivity index (χ1n) is 7.26. The Kier molecular flexibility index (Phi) is 4.33. The summed E-state index contributed by atoms with van der Waals surface area (Å²) in [5, 5.41) is 0. The van der Waals surface area contributed by atoms with Crippen LogP contribution in [0.15, 0.2) is 18.2 Å². The molecule has 0 saturated carbocycles. The molecular formula is C16H25N3O. The van der Waals surface area contributed by atoms with Gasteiger partial charge in [-0.15, -0.1) is 0 Å². The molecular weight excluding hydrogens is 250 g/mol. The standard InChI is InChI=1S/C16H25N3O/c1-5-10-19-14-7-6-12(20-4)11-13(14)18-15(19)8-9-16(2,3)17/h6-7,11H,5,8-10,17H2,1-4H3. The molecule has 0 saturated heterocycles. The maximum atomic E-state index is 6.09. The van der Waals surface area contributed by atoms with E-state index in [9.17, 15) is 0 Å². The Morgan fingerprint density at radius 1 is 1.35 bits per heavy atom. The zero-order chi connectivity index (χ0) is 14.8. The lowest BCUT2D eigenvalue weighted by molar-refractivity contribution is 0.415. The van der Waals surface area contributed by atoms with E-state index in [0.717, 1.165) is 42.9 Å². The van der Waals surface area contributed by atoms with Gasteiger partial charge in [0.15, 0.2) is 0 Å². The van der Waals surface area contributed by atoms with Gasteiger partial charge in [-0.25, -0.2) is 4.98 Å². The van der Waals surface area contributed by atoms with Crippen LogP contribution in [0.2, 0.25) is 0 Å². The van der Waals surface area contributed by atoms with Crippen molar-refractivity contribution in [2.24, 2.45) is 5.73 Å². The second-order valence-electron chi connectivity index (χ2n) is 6.02. The lowest BCUT2D eigenvalue weighted by Crippen LogP contribution is -2.32. The van der Waals surface area contributed by atoms with Gasteiger partial charge in [-0.2, -0.15) is 0 Å². The zero-order valence-electron chi connectivity index (χ0n) is 12.9. The molecule has 110 valence electrons. The fraction of sp³-hybridized carbons (Fsp3) is 0.562. The minimum absolute atomic E-state index is 0.160. The number of aromatic nitrogens is 2. The molecule has 2 aromatic rings. The largest absolute Gasteiger partial charge is 0.497 e. The summed E-state index contributed by atoms with van der Waals surface area (Å²) < 4.78 is 7.58. The van der Waals surface area contributed by atoms with Gasteiger partial charge in [-0.05, 0) is 38.8 Å². The van der Waals surface area contributed by atoms with Crippen molar-refractivity contribution in [1.29, 1.82) is 0 Å². The smallest absolute Gasteiger partial charge is 0.121 e. The van der Waals surface area contributed by atoms with Crippen LogP contribution in [-0.4, -0.2) is 22.2 Å². The molecule has 4 nitrogen and oxygen atoms in total. The third kappa shape index (κ3) is 3.31. The number of rotatable bonds is 6. The van der Waals surface area contributed by atoms with Gasteiger partial charge in [0, 0.05) is 24.6 Å². The first kappa shape index (κ1) is 14.9. The Balaban J connectivity index is 2.38. The summed E-state index contributed by atoms with van der Waals surface area (Å²) in [6, 6.07) is 6.08. The number of ether oxygens (including phenoxy) is 1. The topological polar surface area (TPSA) is 53.1 Å². The lowest BCUT2D eigenvalue weighted by atomic mass is 10.00. The molecule has 4 heteroatoms. The number of benzene rings is 1. The normalized spacial score (nSPS) is 12.1. The number of hydrogen-bond acceptors (Lipinski definition) is 3. The Bertz CT molecular complexity index is 581. The monoisotopic (exact) mass is 275 g/mol. The van der Waals surface area contributed by atoms with Crippen LogP contribution >= 0.6 is 0 Å². The number of methoxy groups -OCH3 is 1. The molecule has 0 amide bonds. The van der Waals surface area contributed by atoms with E-state index in [-0.39, 0.29) is 5.54 Å². The Morgan fingerprint density at radius 3 is 2.70 bits per heavy atom. The number of imidazole rings is 1. The van der Waals surface area contributed by atoms with Gasteiger partial charge in [0.2, 0.25) is 0 Å². The molecule has 0 spiro atoms. The maximum absolute atomic E-state index is 6.09. The summed E-state index contributed by atoms with van der Waals surface area (Å²) in [5.41, 5.74) is 8.11. The maximum Gasteiger partial charge on any atom is 0.121 e. The number of aryl methyl sites for hydroxylation is 2. The number of hydrogen-bond donors (Lipinski definition) is 1. The SMILES string of the molecule is CCCn1c(CCC(C)(C)N)nc2cc(OC)ccc21. The van der Waals surface area contributed by atoms with Crippen LogP contribution in [0.4, 0.5) is 0 Å². The summed E-state index contributed by atoms with van der Waals surface area (Å²) in [7, 11) is 1.68. The molecule has 0 radical (unpaired) electrons. The molecule has 1 aromatic heterocycles. The predicted octanol–water partition coefficient (Wildman–Crippen LogP) is 3.12. The second kappa shape index (κ2) is 5.83. The molecule has 0 atom stereocenters. The number of fused-ring (bicyclic) bond motifs is 1. The van der Waals surface area contributed by atoms with Crippen molar-refractivity contribution in [1.82, 2.24) is 9.55 Å². The van der Waals surface area contributed by atoms with Gasteiger partial charge in [-0.3, -0.25) is 0 Å². The second-order valence-corrected chi connectivity index (χ2v) is 6.02. The summed E-state index contributed by atoms with van der Waals surface area (Å²) in [4.78, 5) is 4.77. The average molecular weight is 275 g/mol. The molecule has 20 heavy (non-hydrogen) atoms.